The maximum atomic E-state index is 5.79. The van der Waals surface area contributed by atoms with Crippen LogP contribution in [0.1, 0.15) is 19.0 Å². The van der Waals surface area contributed by atoms with Gasteiger partial charge in [-0.05, 0) is 25.8 Å². The fourth-order valence-electron chi connectivity index (χ4n) is 2.43. The number of hydrogen-bond donors (Lipinski definition) is 3. The van der Waals surface area contributed by atoms with E-state index in [0.29, 0.717) is 12.5 Å². The van der Waals surface area contributed by atoms with Crippen LogP contribution in [0.25, 0.3) is 10.9 Å². The first-order valence-corrected chi connectivity index (χ1v) is 7.95. The zero-order valence-electron chi connectivity index (χ0n) is 15.0. The second kappa shape index (κ2) is 10.2. The van der Waals surface area contributed by atoms with Crippen molar-refractivity contribution in [2.75, 3.05) is 27.3 Å². The van der Waals surface area contributed by atoms with E-state index in [4.69, 9.17) is 15.2 Å². The summed E-state index contributed by atoms with van der Waals surface area (Å²) in [6.45, 7) is 7.05. The van der Waals surface area contributed by atoms with Crippen LogP contribution in [-0.2, 0) is 6.42 Å². The number of methoxy groups -OCH3 is 2. The molecule has 0 aliphatic carbocycles. The standard InChI is InChI=1S/C18H26N4O2.HI/c1-12(2)11-21-18(19)20-7-5-6-13-8-15-16(22-13)9-14(23-3)10-17(15)24-4;/h8-10,22H,1,5-7,11H2,2-4H3,(H3,19,20,21);1H. The van der Waals surface area contributed by atoms with Gasteiger partial charge in [-0.2, -0.15) is 0 Å². The molecule has 0 bridgehead atoms. The number of aryl methyl sites for hydroxylation is 1. The Balaban J connectivity index is 0.00000312. The molecule has 0 unspecified atom stereocenters. The van der Waals surface area contributed by atoms with E-state index in [1.807, 2.05) is 19.1 Å². The molecule has 0 amide bonds. The smallest absolute Gasteiger partial charge is 0.188 e. The van der Waals surface area contributed by atoms with Gasteiger partial charge in [0.05, 0.1) is 26.3 Å². The van der Waals surface area contributed by atoms with Crippen molar-refractivity contribution in [2.45, 2.75) is 19.8 Å². The lowest BCUT2D eigenvalue weighted by Gasteiger charge is -2.05. The van der Waals surface area contributed by atoms with Gasteiger partial charge in [0.15, 0.2) is 5.96 Å². The summed E-state index contributed by atoms with van der Waals surface area (Å²) < 4.78 is 10.7. The number of nitrogens with two attached hydrogens (primary N) is 1. The van der Waals surface area contributed by atoms with Crippen molar-refractivity contribution >= 4 is 40.8 Å². The Morgan fingerprint density at radius 2 is 2.04 bits per heavy atom. The number of fused-ring (bicyclic) bond motifs is 1. The molecule has 0 spiro atoms. The molecular formula is C18H27IN4O2. The van der Waals surface area contributed by atoms with Gasteiger partial charge >= 0.3 is 0 Å². The molecule has 7 heteroatoms. The van der Waals surface area contributed by atoms with Crippen LogP contribution in [0.4, 0.5) is 0 Å². The summed E-state index contributed by atoms with van der Waals surface area (Å²) in [5.41, 5.74) is 8.94. The summed E-state index contributed by atoms with van der Waals surface area (Å²) >= 11 is 0. The maximum Gasteiger partial charge on any atom is 0.188 e. The highest BCUT2D eigenvalue weighted by Gasteiger charge is 2.09. The van der Waals surface area contributed by atoms with Crippen LogP contribution in [-0.4, -0.2) is 38.3 Å². The minimum absolute atomic E-state index is 0. The topological polar surface area (TPSA) is 84.7 Å². The van der Waals surface area contributed by atoms with E-state index in [1.54, 1.807) is 14.2 Å². The molecular weight excluding hydrogens is 431 g/mol. The van der Waals surface area contributed by atoms with E-state index in [9.17, 15) is 0 Å². The Labute approximate surface area is 165 Å². The van der Waals surface area contributed by atoms with Gasteiger partial charge in [0, 0.05) is 29.8 Å². The fourth-order valence-corrected chi connectivity index (χ4v) is 2.43. The third kappa shape index (κ3) is 6.15. The molecule has 138 valence electrons. The summed E-state index contributed by atoms with van der Waals surface area (Å²) in [5.74, 6) is 2.04. The normalized spacial score (nSPS) is 11.1. The molecule has 0 aliphatic heterocycles. The Morgan fingerprint density at radius 3 is 2.68 bits per heavy atom. The van der Waals surface area contributed by atoms with E-state index in [1.165, 1.54) is 0 Å². The van der Waals surface area contributed by atoms with Gasteiger partial charge in [0.2, 0.25) is 0 Å². The van der Waals surface area contributed by atoms with Crippen molar-refractivity contribution < 1.29 is 9.47 Å². The quantitative estimate of drug-likeness (QED) is 0.187. The number of rotatable bonds is 8. The Morgan fingerprint density at radius 1 is 1.28 bits per heavy atom. The number of hydrogen-bond acceptors (Lipinski definition) is 3. The van der Waals surface area contributed by atoms with Crippen molar-refractivity contribution in [1.29, 1.82) is 0 Å². The molecule has 1 aromatic carbocycles. The highest BCUT2D eigenvalue weighted by molar-refractivity contribution is 14.0. The molecule has 0 fully saturated rings. The zero-order valence-corrected chi connectivity index (χ0v) is 17.3. The van der Waals surface area contributed by atoms with Crippen LogP contribution in [0.5, 0.6) is 11.5 Å². The summed E-state index contributed by atoms with van der Waals surface area (Å²) in [6.07, 6.45) is 1.84. The lowest BCUT2D eigenvalue weighted by atomic mass is 10.2. The molecule has 2 rings (SSSR count). The van der Waals surface area contributed by atoms with Gasteiger partial charge in [0.25, 0.3) is 0 Å². The lowest BCUT2D eigenvalue weighted by Crippen LogP contribution is -2.32. The Bertz CT molecular complexity index is 740. The first kappa shape index (κ1) is 21.1. The number of H-pyrrole nitrogens is 1. The van der Waals surface area contributed by atoms with E-state index >= 15 is 0 Å². The minimum Gasteiger partial charge on any atom is -0.497 e. The van der Waals surface area contributed by atoms with Crippen LogP contribution in [0.3, 0.4) is 0 Å². The molecule has 0 saturated heterocycles. The van der Waals surface area contributed by atoms with Gasteiger partial charge in [0.1, 0.15) is 11.5 Å². The van der Waals surface area contributed by atoms with Gasteiger partial charge < -0.3 is 25.5 Å². The largest absolute Gasteiger partial charge is 0.497 e. The molecule has 4 N–H and O–H groups in total. The molecule has 2 aromatic rings. The summed E-state index contributed by atoms with van der Waals surface area (Å²) in [4.78, 5) is 7.60. The van der Waals surface area contributed by atoms with Crippen LogP contribution < -0.4 is 20.5 Å². The average Bonchev–Trinajstić information content (AvgIpc) is 2.98. The second-order valence-electron chi connectivity index (χ2n) is 5.77. The predicted octanol–water partition coefficient (Wildman–Crippen LogP) is 3.22. The number of ether oxygens (including phenoxy) is 2. The number of aromatic amines is 1. The predicted molar refractivity (Wildman–Crippen MR) is 114 cm³/mol. The van der Waals surface area contributed by atoms with E-state index in [2.05, 4.69) is 27.9 Å². The Kier molecular flexibility index (Phi) is 8.60. The second-order valence-corrected chi connectivity index (χ2v) is 5.77. The molecule has 25 heavy (non-hydrogen) atoms. The zero-order chi connectivity index (χ0) is 17.5. The lowest BCUT2D eigenvalue weighted by molar-refractivity contribution is 0.398. The highest BCUT2D eigenvalue weighted by Crippen LogP contribution is 2.31. The van der Waals surface area contributed by atoms with Gasteiger partial charge in [-0.1, -0.05) is 12.2 Å². The van der Waals surface area contributed by atoms with Crippen molar-refractivity contribution in [2.24, 2.45) is 10.7 Å². The summed E-state index contributed by atoms with van der Waals surface area (Å²) in [6, 6.07) is 5.98. The Hall–Kier alpha value is -1.90. The number of halogens is 1. The van der Waals surface area contributed by atoms with Crippen LogP contribution >= 0.6 is 24.0 Å². The number of guanidine groups is 1. The molecule has 0 aliphatic rings. The van der Waals surface area contributed by atoms with Crippen LogP contribution in [0, 0.1) is 0 Å². The third-order valence-electron chi connectivity index (χ3n) is 3.63. The maximum absolute atomic E-state index is 5.79. The third-order valence-corrected chi connectivity index (χ3v) is 3.63. The van der Waals surface area contributed by atoms with E-state index in [-0.39, 0.29) is 24.0 Å². The summed E-state index contributed by atoms with van der Waals surface area (Å²) in [5, 5.41) is 4.17. The van der Waals surface area contributed by atoms with Crippen molar-refractivity contribution in [3.05, 3.63) is 36.0 Å². The fraction of sp³-hybridized carbons (Fsp3) is 0.389. The SMILES string of the molecule is C=C(C)CN=C(N)NCCCc1cc2c(OC)cc(OC)cc2[nH]1.I. The minimum atomic E-state index is 0. The molecule has 1 heterocycles. The van der Waals surface area contributed by atoms with Crippen molar-refractivity contribution in [1.82, 2.24) is 10.3 Å². The average molecular weight is 458 g/mol. The molecule has 0 radical (unpaired) electrons. The first-order valence-electron chi connectivity index (χ1n) is 7.95. The number of nitrogens with zero attached hydrogens (tertiary/aromatic N) is 1. The highest BCUT2D eigenvalue weighted by atomic mass is 127. The molecule has 0 saturated carbocycles. The van der Waals surface area contributed by atoms with Crippen LogP contribution in [0.15, 0.2) is 35.3 Å². The monoisotopic (exact) mass is 458 g/mol. The number of aromatic nitrogens is 1. The van der Waals surface area contributed by atoms with Gasteiger partial charge in [-0.25, -0.2) is 4.99 Å². The van der Waals surface area contributed by atoms with Gasteiger partial charge in [-0.15, -0.1) is 24.0 Å². The van der Waals surface area contributed by atoms with Crippen molar-refractivity contribution in [3.63, 3.8) is 0 Å². The van der Waals surface area contributed by atoms with E-state index in [0.717, 1.165) is 53.1 Å². The summed E-state index contributed by atoms with van der Waals surface area (Å²) in [7, 11) is 3.31. The number of benzene rings is 1. The molecule has 0 atom stereocenters. The molecule has 1 aromatic heterocycles. The number of aliphatic imine (C=N–C) groups is 1. The first-order chi connectivity index (χ1) is 11.5. The number of nitrogens with one attached hydrogen (secondary N) is 2. The van der Waals surface area contributed by atoms with Crippen molar-refractivity contribution in [3.8, 4) is 11.5 Å². The molecule has 6 nitrogen and oxygen atoms in total. The van der Waals surface area contributed by atoms with Crippen LogP contribution in [0.2, 0.25) is 0 Å². The van der Waals surface area contributed by atoms with E-state index < -0.39 is 0 Å². The van der Waals surface area contributed by atoms with Gasteiger partial charge in [-0.3, -0.25) is 0 Å².